The molecular weight excluding hydrogens is 340 g/mol. The molecule has 1 aliphatic rings. The Hall–Kier alpha value is -2.24. The standard InChI is InChI=1S/C19H21ClN2O3/c1-12(14-3-6-16(20)7-4-14)21-10-19(23)22-13(2)15-5-8-17-18(9-15)25-11-24-17/h3-9,12-13,21H,10-11H2,1-2H3,(H,22,23)/t12-,13-/m0/s1. The van der Waals surface area contributed by atoms with Gasteiger partial charge in [-0.3, -0.25) is 4.79 Å². The number of fused-ring (bicyclic) bond motifs is 1. The summed E-state index contributed by atoms with van der Waals surface area (Å²) in [6, 6.07) is 13.2. The van der Waals surface area contributed by atoms with E-state index in [1.54, 1.807) is 0 Å². The van der Waals surface area contributed by atoms with Gasteiger partial charge < -0.3 is 20.1 Å². The van der Waals surface area contributed by atoms with E-state index in [2.05, 4.69) is 10.6 Å². The van der Waals surface area contributed by atoms with Crippen molar-refractivity contribution in [1.82, 2.24) is 10.6 Å². The SMILES string of the molecule is C[C@H](NCC(=O)N[C@@H](C)c1ccc2c(c1)OCO2)c1ccc(Cl)cc1. The van der Waals surface area contributed by atoms with Gasteiger partial charge in [0.15, 0.2) is 11.5 Å². The van der Waals surface area contributed by atoms with E-state index in [0.29, 0.717) is 10.8 Å². The number of ether oxygens (including phenoxy) is 2. The van der Waals surface area contributed by atoms with Crippen LogP contribution in [0.3, 0.4) is 0 Å². The zero-order chi connectivity index (χ0) is 17.8. The summed E-state index contributed by atoms with van der Waals surface area (Å²) < 4.78 is 10.7. The van der Waals surface area contributed by atoms with Crippen molar-refractivity contribution in [2.75, 3.05) is 13.3 Å². The molecule has 0 saturated carbocycles. The van der Waals surface area contributed by atoms with Gasteiger partial charge in [0.1, 0.15) is 0 Å². The van der Waals surface area contributed by atoms with Gasteiger partial charge >= 0.3 is 0 Å². The number of hydrogen-bond donors (Lipinski definition) is 2. The summed E-state index contributed by atoms with van der Waals surface area (Å²) in [6.07, 6.45) is 0. The second-order valence-corrected chi connectivity index (χ2v) is 6.49. The summed E-state index contributed by atoms with van der Waals surface area (Å²) >= 11 is 5.89. The average Bonchev–Trinajstić information content (AvgIpc) is 3.08. The maximum absolute atomic E-state index is 12.2. The molecule has 5 nitrogen and oxygen atoms in total. The van der Waals surface area contributed by atoms with Gasteiger partial charge in [-0.05, 0) is 49.2 Å². The Kier molecular flexibility index (Phi) is 5.46. The summed E-state index contributed by atoms with van der Waals surface area (Å²) in [4.78, 5) is 12.2. The molecule has 0 unspecified atom stereocenters. The van der Waals surface area contributed by atoms with Crippen LogP contribution in [0, 0.1) is 0 Å². The molecule has 6 heteroatoms. The van der Waals surface area contributed by atoms with Crippen LogP contribution in [0.15, 0.2) is 42.5 Å². The number of amides is 1. The van der Waals surface area contributed by atoms with Crippen LogP contribution in [0.5, 0.6) is 11.5 Å². The molecule has 0 fully saturated rings. The molecule has 0 bridgehead atoms. The van der Waals surface area contributed by atoms with Crippen LogP contribution >= 0.6 is 11.6 Å². The van der Waals surface area contributed by atoms with Crippen LogP contribution in [0.1, 0.15) is 37.1 Å². The summed E-state index contributed by atoms with van der Waals surface area (Å²) in [6.45, 7) is 4.43. The average molecular weight is 361 g/mol. The molecule has 2 aromatic carbocycles. The molecule has 0 aromatic heterocycles. The van der Waals surface area contributed by atoms with Gasteiger partial charge in [-0.1, -0.05) is 29.8 Å². The maximum atomic E-state index is 12.2. The van der Waals surface area contributed by atoms with Crippen LogP contribution in [0.2, 0.25) is 5.02 Å². The predicted octanol–water partition coefficient (Wildman–Crippen LogP) is 3.60. The molecule has 0 saturated heterocycles. The topological polar surface area (TPSA) is 59.6 Å². The molecule has 1 amide bonds. The first-order chi connectivity index (χ1) is 12.0. The fraction of sp³-hybridized carbons (Fsp3) is 0.316. The number of carbonyl (C=O) groups excluding carboxylic acids is 1. The van der Waals surface area contributed by atoms with Gasteiger partial charge in [0, 0.05) is 11.1 Å². The summed E-state index contributed by atoms with van der Waals surface area (Å²) in [5, 5.41) is 6.90. The fourth-order valence-corrected chi connectivity index (χ4v) is 2.80. The Morgan fingerprint density at radius 2 is 1.72 bits per heavy atom. The number of hydrogen-bond acceptors (Lipinski definition) is 4. The fourth-order valence-electron chi connectivity index (χ4n) is 2.67. The molecule has 2 atom stereocenters. The van der Waals surface area contributed by atoms with Crippen molar-refractivity contribution < 1.29 is 14.3 Å². The highest BCUT2D eigenvalue weighted by atomic mass is 35.5. The molecular formula is C19H21ClN2O3. The van der Waals surface area contributed by atoms with E-state index in [9.17, 15) is 4.79 Å². The van der Waals surface area contributed by atoms with Crippen LogP contribution in [0.25, 0.3) is 0 Å². The number of rotatable bonds is 6. The largest absolute Gasteiger partial charge is 0.454 e. The van der Waals surface area contributed by atoms with Gasteiger partial charge in [0.25, 0.3) is 0 Å². The van der Waals surface area contributed by atoms with Gasteiger partial charge in [0.2, 0.25) is 12.7 Å². The van der Waals surface area contributed by atoms with Crippen molar-refractivity contribution in [3.63, 3.8) is 0 Å². The van der Waals surface area contributed by atoms with Crippen LogP contribution in [0.4, 0.5) is 0 Å². The number of nitrogens with one attached hydrogen (secondary N) is 2. The van der Waals surface area contributed by atoms with Crippen LogP contribution < -0.4 is 20.1 Å². The smallest absolute Gasteiger partial charge is 0.234 e. The summed E-state index contributed by atoms with van der Waals surface area (Å²) in [5.41, 5.74) is 2.06. The molecule has 132 valence electrons. The number of carbonyl (C=O) groups is 1. The molecule has 25 heavy (non-hydrogen) atoms. The molecule has 0 spiro atoms. The van der Waals surface area contributed by atoms with E-state index in [0.717, 1.165) is 16.9 Å². The zero-order valence-corrected chi connectivity index (χ0v) is 15.0. The molecule has 0 aliphatic carbocycles. The highest BCUT2D eigenvalue weighted by Gasteiger charge is 2.17. The van der Waals surface area contributed by atoms with E-state index >= 15 is 0 Å². The van der Waals surface area contributed by atoms with Crippen LogP contribution in [-0.4, -0.2) is 19.2 Å². The lowest BCUT2D eigenvalue weighted by Gasteiger charge is -2.17. The highest BCUT2D eigenvalue weighted by Crippen LogP contribution is 2.34. The lowest BCUT2D eigenvalue weighted by Crippen LogP contribution is -2.36. The first-order valence-corrected chi connectivity index (χ1v) is 8.58. The Balaban J connectivity index is 1.51. The first-order valence-electron chi connectivity index (χ1n) is 8.20. The summed E-state index contributed by atoms with van der Waals surface area (Å²) in [7, 11) is 0. The molecule has 2 N–H and O–H groups in total. The van der Waals surface area contributed by atoms with E-state index in [-0.39, 0.29) is 31.3 Å². The second-order valence-electron chi connectivity index (χ2n) is 6.06. The molecule has 1 heterocycles. The zero-order valence-electron chi connectivity index (χ0n) is 14.2. The second kappa shape index (κ2) is 7.76. The number of halogens is 1. The van der Waals surface area contributed by atoms with Crippen LogP contribution in [-0.2, 0) is 4.79 Å². The number of benzene rings is 2. The third-order valence-corrected chi connectivity index (χ3v) is 4.46. The maximum Gasteiger partial charge on any atom is 0.234 e. The van der Waals surface area contributed by atoms with Gasteiger partial charge in [0.05, 0.1) is 12.6 Å². The van der Waals surface area contributed by atoms with Gasteiger partial charge in [-0.2, -0.15) is 0 Å². The Morgan fingerprint density at radius 3 is 2.48 bits per heavy atom. The first kappa shape index (κ1) is 17.6. The third-order valence-electron chi connectivity index (χ3n) is 4.21. The molecule has 1 aliphatic heterocycles. The lowest BCUT2D eigenvalue weighted by molar-refractivity contribution is -0.121. The van der Waals surface area contributed by atoms with E-state index in [1.165, 1.54) is 0 Å². The van der Waals surface area contributed by atoms with Crippen molar-refractivity contribution in [3.8, 4) is 11.5 Å². The van der Waals surface area contributed by atoms with Gasteiger partial charge in [-0.25, -0.2) is 0 Å². The van der Waals surface area contributed by atoms with Crippen molar-refractivity contribution in [3.05, 3.63) is 58.6 Å². The van der Waals surface area contributed by atoms with Crippen molar-refractivity contribution in [2.45, 2.75) is 25.9 Å². The van der Waals surface area contributed by atoms with Gasteiger partial charge in [-0.15, -0.1) is 0 Å². The molecule has 0 radical (unpaired) electrons. The van der Waals surface area contributed by atoms with E-state index in [1.807, 2.05) is 56.3 Å². The van der Waals surface area contributed by atoms with E-state index < -0.39 is 0 Å². The lowest BCUT2D eigenvalue weighted by atomic mass is 10.1. The minimum Gasteiger partial charge on any atom is -0.454 e. The Morgan fingerprint density at radius 1 is 1.04 bits per heavy atom. The third kappa shape index (κ3) is 4.44. The Labute approximate surface area is 152 Å². The van der Waals surface area contributed by atoms with E-state index in [4.69, 9.17) is 21.1 Å². The minimum absolute atomic E-state index is 0.0591. The van der Waals surface area contributed by atoms with Crippen molar-refractivity contribution >= 4 is 17.5 Å². The van der Waals surface area contributed by atoms with Crippen molar-refractivity contribution in [1.29, 1.82) is 0 Å². The molecule has 2 aromatic rings. The minimum atomic E-state index is -0.116. The van der Waals surface area contributed by atoms with Crippen molar-refractivity contribution in [2.24, 2.45) is 0 Å². The highest BCUT2D eigenvalue weighted by molar-refractivity contribution is 6.30. The normalized spacial score (nSPS) is 14.8. The quantitative estimate of drug-likeness (QED) is 0.826. The Bertz CT molecular complexity index is 749. The molecule has 3 rings (SSSR count). The monoisotopic (exact) mass is 360 g/mol. The summed E-state index contributed by atoms with van der Waals surface area (Å²) in [5.74, 6) is 1.39. The predicted molar refractivity (Wildman–Crippen MR) is 97.0 cm³/mol.